The quantitative estimate of drug-likeness (QED) is 0.626. The van der Waals surface area contributed by atoms with E-state index in [4.69, 9.17) is 0 Å². The van der Waals surface area contributed by atoms with Gasteiger partial charge in [-0.15, -0.1) is 0 Å². The van der Waals surface area contributed by atoms with Crippen LogP contribution < -0.4 is 10.6 Å². The highest BCUT2D eigenvalue weighted by Gasteiger charge is 2.55. The van der Waals surface area contributed by atoms with Crippen LogP contribution >= 0.6 is 0 Å². The summed E-state index contributed by atoms with van der Waals surface area (Å²) in [6.45, 7) is 1.94. The molecule has 2 heterocycles. The number of halogens is 3. The van der Waals surface area contributed by atoms with E-state index in [1.807, 2.05) is 0 Å². The average Bonchev–Trinajstić information content (AvgIpc) is 2.49. The van der Waals surface area contributed by atoms with Crippen molar-refractivity contribution in [2.45, 2.75) is 31.5 Å². The minimum atomic E-state index is -4.09. The third kappa shape index (κ3) is 1.63. The fraction of sp³-hybridized carbons (Fsp3) is 1.00. The molecule has 2 fully saturated rings. The molecule has 0 saturated carbocycles. The van der Waals surface area contributed by atoms with Gasteiger partial charge >= 0.3 is 6.18 Å². The summed E-state index contributed by atoms with van der Waals surface area (Å²) in [6, 6.07) is -1.28. The molecule has 0 aromatic carbocycles. The van der Waals surface area contributed by atoms with Crippen molar-refractivity contribution in [1.29, 1.82) is 0 Å². The number of nitrogens with one attached hydrogen (secondary N) is 2. The van der Waals surface area contributed by atoms with E-state index in [0.29, 0.717) is 38.9 Å². The van der Waals surface area contributed by atoms with Crippen LogP contribution in [0.3, 0.4) is 0 Å². The molecule has 2 aliphatic rings. The first-order valence-corrected chi connectivity index (χ1v) is 5.05. The van der Waals surface area contributed by atoms with Crippen LogP contribution in [0.4, 0.5) is 13.2 Å². The molecule has 1 unspecified atom stereocenters. The lowest BCUT2D eigenvalue weighted by Gasteiger charge is -2.39. The summed E-state index contributed by atoms with van der Waals surface area (Å²) in [7, 11) is 0. The third-order valence-electron chi connectivity index (χ3n) is 3.51. The Labute approximate surface area is 81.2 Å². The van der Waals surface area contributed by atoms with Crippen LogP contribution in [-0.2, 0) is 0 Å². The van der Waals surface area contributed by atoms with E-state index in [1.54, 1.807) is 0 Å². The zero-order chi connectivity index (χ0) is 10.2. The van der Waals surface area contributed by atoms with E-state index in [1.165, 1.54) is 0 Å². The molecule has 2 N–H and O–H groups in total. The number of piperidine rings is 1. The predicted octanol–water partition coefficient (Wildman–Crippen LogP) is 1.28. The van der Waals surface area contributed by atoms with Gasteiger partial charge in [0.15, 0.2) is 0 Å². The second-order valence-corrected chi connectivity index (χ2v) is 4.29. The lowest BCUT2D eigenvalue weighted by Crippen LogP contribution is -2.52. The van der Waals surface area contributed by atoms with Gasteiger partial charge in [0.2, 0.25) is 0 Å². The fourth-order valence-corrected chi connectivity index (χ4v) is 2.75. The maximum absolute atomic E-state index is 12.7. The highest BCUT2D eigenvalue weighted by Crippen LogP contribution is 2.45. The Morgan fingerprint density at radius 1 is 1.00 bits per heavy atom. The van der Waals surface area contributed by atoms with Crippen molar-refractivity contribution >= 4 is 0 Å². The monoisotopic (exact) mass is 208 g/mol. The molecule has 2 aliphatic heterocycles. The number of alkyl halides is 3. The smallest absolute Gasteiger partial charge is 0.317 e. The van der Waals surface area contributed by atoms with Crippen LogP contribution in [0, 0.1) is 5.41 Å². The number of hydrogen-bond acceptors (Lipinski definition) is 2. The summed E-state index contributed by atoms with van der Waals surface area (Å²) in [5.41, 5.74) is -0.524. The third-order valence-corrected chi connectivity index (χ3v) is 3.51. The van der Waals surface area contributed by atoms with Gasteiger partial charge in [0.25, 0.3) is 0 Å². The van der Waals surface area contributed by atoms with Crippen molar-refractivity contribution < 1.29 is 13.2 Å². The van der Waals surface area contributed by atoms with Gasteiger partial charge in [-0.25, -0.2) is 0 Å². The molecule has 2 nitrogen and oxygen atoms in total. The first-order valence-electron chi connectivity index (χ1n) is 5.05. The normalized spacial score (nSPS) is 32.4. The average molecular weight is 208 g/mol. The molecular weight excluding hydrogens is 193 g/mol. The largest absolute Gasteiger partial charge is 0.404 e. The fourth-order valence-electron chi connectivity index (χ4n) is 2.75. The molecule has 0 radical (unpaired) electrons. The summed E-state index contributed by atoms with van der Waals surface area (Å²) in [5.74, 6) is 0. The van der Waals surface area contributed by atoms with E-state index in [2.05, 4.69) is 10.6 Å². The highest BCUT2D eigenvalue weighted by molar-refractivity contribution is 5.02. The van der Waals surface area contributed by atoms with Crippen LogP contribution in [0.5, 0.6) is 0 Å². The lowest BCUT2D eigenvalue weighted by molar-refractivity contribution is -0.178. The summed E-state index contributed by atoms with van der Waals surface area (Å²) in [4.78, 5) is 0. The van der Waals surface area contributed by atoms with Crippen molar-refractivity contribution in [2.24, 2.45) is 5.41 Å². The Morgan fingerprint density at radius 2 is 1.57 bits per heavy atom. The van der Waals surface area contributed by atoms with Gasteiger partial charge in [0, 0.05) is 0 Å². The van der Waals surface area contributed by atoms with Crippen molar-refractivity contribution in [3.05, 3.63) is 0 Å². The molecule has 2 rings (SSSR count). The van der Waals surface area contributed by atoms with E-state index >= 15 is 0 Å². The summed E-state index contributed by atoms with van der Waals surface area (Å²) in [5, 5.41) is 5.72. The Bertz CT molecular complexity index is 209. The lowest BCUT2D eigenvalue weighted by atomic mass is 9.73. The minimum absolute atomic E-state index is 0.504. The molecule has 0 amide bonds. The summed E-state index contributed by atoms with van der Waals surface area (Å²) < 4.78 is 38.1. The predicted molar refractivity (Wildman–Crippen MR) is 47.0 cm³/mol. The molecule has 5 heteroatoms. The maximum atomic E-state index is 12.7. The molecule has 0 aromatic heterocycles. The van der Waals surface area contributed by atoms with Crippen molar-refractivity contribution in [2.75, 3.05) is 19.6 Å². The molecule has 1 atom stereocenters. The first-order chi connectivity index (χ1) is 6.55. The molecular formula is C9H15F3N2. The van der Waals surface area contributed by atoms with E-state index in [-0.39, 0.29) is 0 Å². The molecule has 14 heavy (non-hydrogen) atoms. The molecule has 1 spiro atoms. The zero-order valence-electron chi connectivity index (χ0n) is 7.95. The van der Waals surface area contributed by atoms with Gasteiger partial charge < -0.3 is 10.6 Å². The van der Waals surface area contributed by atoms with Crippen LogP contribution in [0.1, 0.15) is 19.3 Å². The van der Waals surface area contributed by atoms with Gasteiger partial charge in [-0.05, 0) is 44.3 Å². The highest BCUT2D eigenvalue weighted by atomic mass is 19.4. The molecule has 82 valence electrons. The molecule has 0 aliphatic carbocycles. The van der Waals surface area contributed by atoms with Gasteiger partial charge in [-0.3, -0.25) is 0 Å². The second-order valence-electron chi connectivity index (χ2n) is 4.29. The number of rotatable bonds is 0. The van der Waals surface area contributed by atoms with Crippen molar-refractivity contribution in [1.82, 2.24) is 10.6 Å². The van der Waals surface area contributed by atoms with E-state index < -0.39 is 17.6 Å². The first kappa shape index (κ1) is 10.2. The number of hydrogen-bond donors (Lipinski definition) is 2. The molecule has 2 saturated heterocycles. The SMILES string of the molecule is FC(F)(F)C1NCCC12CCNCC2. The Kier molecular flexibility index (Phi) is 2.47. The van der Waals surface area contributed by atoms with Crippen LogP contribution in [0.25, 0.3) is 0 Å². The van der Waals surface area contributed by atoms with Gasteiger partial charge in [0.1, 0.15) is 6.04 Å². The van der Waals surface area contributed by atoms with Gasteiger partial charge in [0.05, 0.1) is 0 Å². The summed E-state index contributed by atoms with van der Waals surface area (Å²) >= 11 is 0. The van der Waals surface area contributed by atoms with Crippen LogP contribution in [0.2, 0.25) is 0 Å². The van der Waals surface area contributed by atoms with Crippen molar-refractivity contribution in [3.8, 4) is 0 Å². The zero-order valence-corrected chi connectivity index (χ0v) is 7.95. The Hall–Kier alpha value is -0.290. The minimum Gasteiger partial charge on any atom is -0.317 e. The molecule has 0 aromatic rings. The van der Waals surface area contributed by atoms with Crippen LogP contribution in [0.15, 0.2) is 0 Å². The van der Waals surface area contributed by atoms with Gasteiger partial charge in [-0.2, -0.15) is 13.2 Å². The molecule has 0 bridgehead atoms. The standard InChI is InChI=1S/C9H15F3N2/c10-9(11,12)7-8(3-6-14-7)1-4-13-5-2-8/h7,13-14H,1-6H2. The van der Waals surface area contributed by atoms with E-state index in [0.717, 1.165) is 0 Å². The van der Waals surface area contributed by atoms with Gasteiger partial charge in [-0.1, -0.05) is 0 Å². The Balaban J connectivity index is 2.16. The van der Waals surface area contributed by atoms with Crippen LogP contribution in [-0.4, -0.2) is 31.9 Å². The second kappa shape index (κ2) is 3.38. The Morgan fingerprint density at radius 3 is 2.14 bits per heavy atom. The summed E-state index contributed by atoms with van der Waals surface area (Å²) in [6.07, 6.45) is -2.14. The van der Waals surface area contributed by atoms with Crippen molar-refractivity contribution in [3.63, 3.8) is 0 Å². The van der Waals surface area contributed by atoms with E-state index in [9.17, 15) is 13.2 Å². The maximum Gasteiger partial charge on any atom is 0.404 e. The topological polar surface area (TPSA) is 24.1 Å².